The average Bonchev–Trinajstić information content (AvgIpc) is 0.811. The Morgan fingerprint density at radius 3 is 1.33 bits per heavy atom. The van der Waals surface area contributed by atoms with Gasteiger partial charge in [0.05, 0.1) is 0 Å². The third-order valence-electron chi connectivity index (χ3n) is 0. The molecule has 6 heavy (non-hydrogen) atoms. The number of hydrogen-bond acceptors (Lipinski definition) is 1. The number of rotatable bonds is 0. The minimum Gasteiger partial charge on any atom is -0.300 e. The van der Waals surface area contributed by atoms with E-state index in [0.29, 0.717) is 0 Å². The zero-order valence-corrected chi connectivity index (χ0v) is 6.32. The van der Waals surface area contributed by atoms with E-state index in [9.17, 15) is 4.79 Å². The molecule has 0 aliphatic rings. The van der Waals surface area contributed by atoms with Crippen LogP contribution in [-0.2, 0) is 37.5 Å². The summed E-state index contributed by atoms with van der Waals surface area (Å²) < 4.78 is 0. The molecule has 35 valence electrons. The fourth-order valence-electron chi connectivity index (χ4n) is 0. The van der Waals surface area contributed by atoms with Gasteiger partial charge in [-0.1, -0.05) is 7.43 Å². The second-order valence-electron chi connectivity index (χ2n) is 0.908. The fourth-order valence-corrected chi connectivity index (χ4v) is 0. The molecule has 1 nitrogen and oxygen atoms in total. The summed E-state index contributed by atoms with van der Waals surface area (Å²) in [4.78, 5) is 9.44. The first-order chi connectivity index (χ1) is 1.73. The van der Waals surface area contributed by atoms with Crippen molar-refractivity contribution in [2.24, 2.45) is 0 Å². The predicted molar refractivity (Wildman–Crippen MR) is 23.1 cm³/mol. The maximum absolute atomic E-state index is 9.44. The molecule has 0 amide bonds. The van der Waals surface area contributed by atoms with E-state index in [1.54, 1.807) is 0 Å². The molecular formula is C4H10OY. The van der Waals surface area contributed by atoms with E-state index in [-0.39, 0.29) is 45.9 Å². The van der Waals surface area contributed by atoms with E-state index in [1.807, 2.05) is 0 Å². The SMILES string of the molecule is C.CC(C)=O.[Y]. The first-order valence-electron chi connectivity index (χ1n) is 1.20. The minimum atomic E-state index is 0. The Balaban J connectivity index is -0.0000000450. The zero-order valence-electron chi connectivity index (χ0n) is 3.49. The van der Waals surface area contributed by atoms with E-state index in [4.69, 9.17) is 0 Å². The van der Waals surface area contributed by atoms with Crippen LogP contribution in [0.15, 0.2) is 0 Å². The van der Waals surface area contributed by atoms with Crippen LogP contribution in [0.2, 0.25) is 0 Å². The average molecular weight is 163 g/mol. The van der Waals surface area contributed by atoms with Crippen LogP contribution in [0.25, 0.3) is 0 Å². The fraction of sp³-hybridized carbons (Fsp3) is 0.750. The molecule has 0 aromatic heterocycles. The Morgan fingerprint density at radius 1 is 1.33 bits per heavy atom. The van der Waals surface area contributed by atoms with Crippen LogP contribution in [0.4, 0.5) is 0 Å². The second kappa shape index (κ2) is 9.24. The summed E-state index contributed by atoms with van der Waals surface area (Å²) in [6.07, 6.45) is 0. The quantitative estimate of drug-likeness (QED) is 0.524. The van der Waals surface area contributed by atoms with Crippen molar-refractivity contribution in [1.82, 2.24) is 0 Å². The van der Waals surface area contributed by atoms with Crippen LogP contribution in [0.3, 0.4) is 0 Å². The van der Waals surface area contributed by atoms with Crippen molar-refractivity contribution in [1.29, 1.82) is 0 Å². The van der Waals surface area contributed by atoms with Crippen molar-refractivity contribution in [3.8, 4) is 0 Å². The Morgan fingerprint density at radius 2 is 1.33 bits per heavy atom. The third-order valence-corrected chi connectivity index (χ3v) is 0. The molecule has 0 aromatic carbocycles. The summed E-state index contributed by atoms with van der Waals surface area (Å²) >= 11 is 0. The summed E-state index contributed by atoms with van der Waals surface area (Å²) in [5.41, 5.74) is 0. The monoisotopic (exact) mass is 163 g/mol. The van der Waals surface area contributed by atoms with Crippen molar-refractivity contribution >= 4 is 5.78 Å². The van der Waals surface area contributed by atoms with Crippen LogP contribution in [0.5, 0.6) is 0 Å². The van der Waals surface area contributed by atoms with Crippen LogP contribution in [0, 0.1) is 0 Å². The van der Waals surface area contributed by atoms with Gasteiger partial charge in [0.2, 0.25) is 0 Å². The van der Waals surface area contributed by atoms with Gasteiger partial charge in [0.25, 0.3) is 0 Å². The minimum absolute atomic E-state index is 0. The summed E-state index contributed by atoms with van der Waals surface area (Å²) in [7, 11) is 0. The molecule has 0 bridgehead atoms. The van der Waals surface area contributed by atoms with Gasteiger partial charge in [-0.3, -0.25) is 0 Å². The molecule has 0 saturated heterocycles. The Labute approximate surface area is 64.4 Å². The molecule has 0 aliphatic heterocycles. The summed E-state index contributed by atoms with van der Waals surface area (Å²) in [6.45, 7) is 3.06. The Bertz CT molecular complexity index is 30.5. The van der Waals surface area contributed by atoms with Gasteiger partial charge >= 0.3 is 0 Å². The molecule has 0 aromatic rings. The molecule has 0 heterocycles. The van der Waals surface area contributed by atoms with Gasteiger partial charge in [-0.05, 0) is 13.8 Å². The van der Waals surface area contributed by atoms with Crippen molar-refractivity contribution in [3.63, 3.8) is 0 Å². The normalized spacial score (nSPS) is 4.33. The van der Waals surface area contributed by atoms with Gasteiger partial charge in [-0.2, -0.15) is 0 Å². The zero-order chi connectivity index (χ0) is 3.58. The van der Waals surface area contributed by atoms with Crippen LogP contribution >= 0.6 is 0 Å². The van der Waals surface area contributed by atoms with E-state index in [0.717, 1.165) is 0 Å². The summed E-state index contributed by atoms with van der Waals surface area (Å²) in [6, 6.07) is 0. The maximum Gasteiger partial charge on any atom is 0.126 e. The second-order valence-corrected chi connectivity index (χ2v) is 0.908. The van der Waals surface area contributed by atoms with E-state index < -0.39 is 0 Å². The molecule has 0 spiro atoms. The van der Waals surface area contributed by atoms with Gasteiger partial charge in [-0.15, -0.1) is 0 Å². The maximum atomic E-state index is 9.44. The predicted octanol–water partition coefficient (Wildman–Crippen LogP) is 1.23. The first kappa shape index (κ1) is 15.9. The smallest absolute Gasteiger partial charge is 0.126 e. The van der Waals surface area contributed by atoms with Crippen molar-refractivity contribution in [2.75, 3.05) is 0 Å². The van der Waals surface area contributed by atoms with Crippen molar-refractivity contribution in [2.45, 2.75) is 21.3 Å². The van der Waals surface area contributed by atoms with Gasteiger partial charge in [0.1, 0.15) is 5.78 Å². The molecule has 1 radical (unpaired) electrons. The summed E-state index contributed by atoms with van der Waals surface area (Å²) in [5, 5.41) is 0. The number of hydrogen-bond donors (Lipinski definition) is 0. The number of carbonyl (C=O) groups excluding carboxylic acids is 1. The van der Waals surface area contributed by atoms with Gasteiger partial charge < -0.3 is 4.79 Å². The molecular weight excluding hydrogens is 153 g/mol. The molecule has 0 rings (SSSR count). The van der Waals surface area contributed by atoms with Crippen molar-refractivity contribution < 1.29 is 37.5 Å². The van der Waals surface area contributed by atoms with E-state index >= 15 is 0 Å². The van der Waals surface area contributed by atoms with E-state index in [2.05, 4.69) is 0 Å². The van der Waals surface area contributed by atoms with Gasteiger partial charge in [0.15, 0.2) is 0 Å². The third kappa shape index (κ3) is 114. The number of ketones is 1. The molecule has 0 unspecified atom stereocenters. The van der Waals surface area contributed by atoms with Crippen LogP contribution in [0.1, 0.15) is 21.3 Å². The molecule has 0 aliphatic carbocycles. The molecule has 2 heteroatoms. The van der Waals surface area contributed by atoms with Crippen LogP contribution < -0.4 is 0 Å². The molecule has 0 atom stereocenters. The van der Waals surface area contributed by atoms with Crippen LogP contribution in [-0.4, -0.2) is 5.78 Å². The van der Waals surface area contributed by atoms with Gasteiger partial charge in [-0.25, -0.2) is 0 Å². The van der Waals surface area contributed by atoms with Crippen molar-refractivity contribution in [3.05, 3.63) is 0 Å². The molecule has 0 saturated carbocycles. The largest absolute Gasteiger partial charge is 0.300 e. The standard InChI is InChI=1S/C3H6O.CH4.Y/c1-3(2)4;;/h1-2H3;1H4;. The molecule has 0 N–H and O–H groups in total. The van der Waals surface area contributed by atoms with Gasteiger partial charge in [0, 0.05) is 32.7 Å². The first-order valence-corrected chi connectivity index (χ1v) is 1.20. The Hall–Kier alpha value is 0.774. The number of Topliss-reactive ketones (excluding diaryl/α,β-unsaturated/α-hetero) is 1. The number of carbonyl (C=O) groups is 1. The summed E-state index contributed by atoms with van der Waals surface area (Å²) in [5.74, 6) is 0.167. The topological polar surface area (TPSA) is 17.1 Å². The Kier molecular flexibility index (Phi) is 24.4. The van der Waals surface area contributed by atoms with E-state index in [1.165, 1.54) is 13.8 Å². The molecule has 0 fully saturated rings.